The molecule has 3 saturated heterocycles. The number of benzene rings is 4. The molecule has 1 aliphatic carbocycles. The van der Waals surface area contributed by atoms with Gasteiger partial charge < -0.3 is 35.0 Å². The molecule has 1 saturated carbocycles. The van der Waals surface area contributed by atoms with Gasteiger partial charge in [0.2, 0.25) is 5.91 Å². The minimum absolute atomic E-state index is 0.0472. The fourth-order valence-electron chi connectivity index (χ4n) is 14.4. The van der Waals surface area contributed by atoms with E-state index in [0.717, 1.165) is 106 Å². The number of rotatable bonds is 18. The summed E-state index contributed by atoms with van der Waals surface area (Å²) in [6, 6.07) is 30.6. The number of aliphatic hydroxyl groups excluding tert-OH is 1. The maximum Gasteiger partial charge on any atom is 0.490 e. The van der Waals surface area contributed by atoms with E-state index >= 15 is 0 Å². The Morgan fingerprint density at radius 1 is 0.619 bits per heavy atom. The first-order valence-electron chi connectivity index (χ1n) is 34.5. The number of nitrogens with two attached hydrogens (primary N) is 1. The maximum atomic E-state index is 14.9. The smallest absolute Gasteiger partial charge is 0.475 e. The van der Waals surface area contributed by atoms with E-state index in [1.807, 2.05) is 69.3 Å². The molecule has 4 aliphatic rings. The predicted octanol–water partition coefficient (Wildman–Crippen LogP) is 14.8. The number of hydrogen-bond acceptors (Lipinski definition) is 12. The quantitative estimate of drug-likeness (QED) is 0.0355. The molecule has 5 N–H and O–H groups in total. The number of nitrogens with one attached hydrogen (secondary N) is 1. The number of Topliss-reactive ketones (excluding diaryl/α,β-unsaturated/α-hetero) is 3. The third-order valence-electron chi connectivity index (χ3n) is 19.8. The first kappa shape index (κ1) is 77.3. The Hall–Kier alpha value is -10.3. The van der Waals surface area contributed by atoms with E-state index in [0.29, 0.717) is 101 Å². The van der Waals surface area contributed by atoms with Gasteiger partial charge in [0.15, 0.2) is 34.4 Å². The molecule has 13 rings (SSSR count). The second kappa shape index (κ2) is 32.8. The lowest BCUT2D eigenvalue weighted by molar-refractivity contribution is -0.192. The van der Waals surface area contributed by atoms with Crippen LogP contribution in [0.15, 0.2) is 120 Å². The largest absolute Gasteiger partial charge is 0.490 e. The van der Waals surface area contributed by atoms with Crippen molar-refractivity contribution >= 4 is 101 Å². The molecule has 105 heavy (non-hydrogen) atoms. The third-order valence-corrected chi connectivity index (χ3v) is 20.2. The molecule has 0 bridgehead atoms. The number of carboxylic acid groups (broad SMARTS) is 1. The summed E-state index contributed by atoms with van der Waals surface area (Å²) < 4.78 is 68.2. The Morgan fingerprint density at radius 2 is 1.06 bits per heavy atom. The number of aromatic nitrogens is 5. The standard InChI is InChI=1S/C27H30N4O3.C26H27F2N5O2.C23H21BrN4O.C2HF3O2/c1-17(14-26(28)34)19-4-9-23-24(15-19)31(21-7-5-20(29-3)6-8-21)18(2)27(23)25(33)16-30-12-10-22(32)11-13-30;1-4-30-25(35)26(27,28)18-14-21-24(31-15-18)23(22(34)16-32-12-6-5-7-13-32)17(2)33(21)20-10-8-19(29-3)9-11-20;1-15-21(20(29)12-27-13-23(14-27)8-3-9-23)22-19(10-16(24)11-26-22)28(15)18-6-4-17(25-2)5-7-18;3-2(4,5)1(6)7/h4-9,15,17,22,32H,10-14,16H2,1-2H3,(H2,28,34);8-11,14-15H,4-7,12-13,16H2,1-2H3,(H,30,35);4-7,10-11H,3,8-9,12-14H2,1H3;(H,6,7). The number of fused-ring (bicyclic) bond motifs is 3. The second-order valence-electron chi connectivity index (χ2n) is 27.1. The van der Waals surface area contributed by atoms with E-state index in [9.17, 15) is 51.0 Å². The monoisotopic (exact) mass is 1500 g/mol. The van der Waals surface area contributed by atoms with Gasteiger partial charge in [0.05, 0.1) is 89.7 Å². The number of hydrogen-bond donors (Lipinski definition) is 4. The number of alkyl halides is 5. The van der Waals surface area contributed by atoms with E-state index in [1.54, 1.807) is 73.1 Å². The molecule has 1 spiro atoms. The summed E-state index contributed by atoms with van der Waals surface area (Å²) in [7, 11) is 0. The molecule has 21 nitrogen and oxygen atoms in total. The van der Waals surface area contributed by atoms with Crippen LogP contribution in [-0.2, 0) is 20.3 Å². The van der Waals surface area contributed by atoms with E-state index in [1.165, 1.54) is 25.3 Å². The summed E-state index contributed by atoms with van der Waals surface area (Å²) in [5, 5.41) is 19.9. The first-order chi connectivity index (χ1) is 50.0. The van der Waals surface area contributed by atoms with Gasteiger partial charge in [-0.3, -0.25) is 48.6 Å². The topological polar surface area (TPSA) is 244 Å². The Labute approximate surface area is 612 Å². The highest BCUT2D eigenvalue weighted by molar-refractivity contribution is 9.10. The summed E-state index contributed by atoms with van der Waals surface area (Å²) in [5.41, 5.74) is 17.6. The summed E-state index contributed by atoms with van der Waals surface area (Å²) in [6.07, 6.45) is 6.15. The summed E-state index contributed by atoms with van der Waals surface area (Å²) in [6.45, 7) is 37.1. The highest BCUT2D eigenvalue weighted by atomic mass is 79.9. The molecule has 1 unspecified atom stereocenters. The van der Waals surface area contributed by atoms with Crippen molar-refractivity contribution in [1.82, 2.24) is 43.7 Å². The molecule has 1 atom stereocenters. The molecule has 9 aromatic rings. The van der Waals surface area contributed by atoms with Crippen molar-refractivity contribution < 1.29 is 60.9 Å². The van der Waals surface area contributed by atoms with E-state index < -0.39 is 29.5 Å². The number of carbonyl (C=O) groups is 6. The number of likely N-dealkylation sites (tertiary alicyclic amines) is 3. The highest BCUT2D eigenvalue weighted by Gasteiger charge is 2.48. The Kier molecular flexibility index (Phi) is 24.1. The molecular weight excluding hydrogens is 1420 g/mol. The van der Waals surface area contributed by atoms with Crippen LogP contribution < -0.4 is 11.1 Å². The van der Waals surface area contributed by atoms with Crippen LogP contribution in [0, 0.1) is 45.9 Å². The lowest BCUT2D eigenvalue weighted by Gasteiger charge is -2.55. The van der Waals surface area contributed by atoms with Crippen LogP contribution in [0.1, 0.15) is 137 Å². The molecule has 3 aliphatic heterocycles. The highest BCUT2D eigenvalue weighted by Crippen LogP contribution is 2.48. The molecule has 546 valence electrons. The first-order valence-corrected chi connectivity index (χ1v) is 35.2. The number of ketones is 3. The zero-order chi connectivity index (χ0) is 75.8. The van der Waals surface area contributed by atoms with E-state index in [4.69, 9.17) is 35.4 Å². The Bertz CT molecular complexity index is 4910. The number of piperidine rings is 2. The molecule has 0 radical (unpaired) electrons. The number of carbonyl (C=O) groups excluding carboxylic acids is 5. The van der Waals surface area contributed by atoms with Crippen molar-refractivity contribution in [3.8, 4) is 17.1 Å². The fourth-order valence-corrected chi connectivity index (χ4v) is 14.7. The fraction of sp³-hybridized carbons (Fsp3) is 0.372. The van der Waals surface area contributed by atoms with Gasteiger partial charge in [-0.1, -0.05) is 68.3 Å². The minimum atomic E-state index is -5.08. The van der Waals surface area contributed by atoms with Crippen molar-refractivity contribution in [2.24, 2.45) is 11.1 Å². The van der Waals surface area contributed by atoms with Crippen molar-refractivity contribution in [2.45, 2.75) is 117 Å². The lowest BCUT2D eigenvalue weighted by atomic mass is 9.63. The average Bonchev–Trinajstić information content (AvgIpc) is 1.64. The SMILES string of the molecule is O=C(O)C(F)(F)F.[C-]#[N+]c1ccc(-n2c(C)c(C(=O)CN3CC4(CCC4)C3)c3ncc(Br)cc32)cc1.[C-]#[N+]c1ccc(-n2c(C)c(C(=O)CN3CCC(O)CC3)c3ccc(C(C)CC(N)=O)cc32)cc1.[C-]#[N+]c1ccc(-n2c(C)c(C(=O)CN3CCCCC3)c3ncc(C(F)(F)C(=O)NCC)cc32)cc1. The molecule has 4 fully saturated rings. The summed E-state index contributed by atoms with van der Waals surface area (Å²) in [5.74, 6) is -8.29. The minimum Gasteiger partial charge on any atom is -0.475 e. The van der Waals surface area contributed by atoms with Crippen molar-refractivity contribution in [3.63, 3.8) is 0 Å². The number of nitrogens with zero attached hydrogens (tertiary/aromatic N) is 11. The maximum absolute atomic E-state index is 14.9. The molecule has 2 amide bonds. The molecule has 27 heteroatoms. The van der Waals surface area contributed by atoms with Crippen molar-refractivity contribution in [3.05, 3.63) is 199 Å². The van der Waals surface area contributed by atoms with Crippen LogP contribution in [-0.4, -0.2) is 161 Å². The van der Waals surface area contributed by atoms with Gasteiger partial charge in [-0.25, -0.2) is 19.3 Å². The van der Waals surface area contributed by atoms with Crippen molar-refractivity contribution in [2.75, 3.05) is 65.4 Å². The van der Waals surface area contributed by atoms with Crippen LogP contribution in [0.25, 0.3) is 64.6 Å². The number of likely N-dealkylation sites (N-methyl/N-ethyl adjacent to an activating group) is 1. The van der Waals surface area contributed by atoms with Crippen LogP contribution in [0.3, 0.4) is 0 Å². The summed E-state index contributed by atoms with van der Waals surface area (Å²) in [4.78, 5) is 98.3. The number of carboxylic acids is 1. The van der Waals surface area contributed by atoms with Crippen LogP contribution in [0.5, 0.6) is 0 Å². The van der Waals surface area contributed by atoms with Crippen molar-refractivity contribution in [1.29, 1.82) is 0 Å². The molecule has 5 aromatic heterocycles. The van der Waals surface area contributed by atoms with E-state index in [2.05, 4.69) is 69.6 Å². The van der Waals surface area contributed by atoms with Gasteiger partial charge in [0.25, 0.3) is 5.91 Å². The number of primary amides is 1. The normalized spacial score (nSPS) is 15.6. The average molecular weight is 1500 g/mol. The van der Waals surface area contributed by atoms with Gasteiger partial charge >= 0.3 is 18.1 Å². The van der Waals surface area contributed by atoms with Crippen LogP contribution in [0.4, 0.5) is 39.0 Å². The number of halogens is 6. The zero-order valence-corrected chi connectivity index (χ0v) is 60.3. The predicted molar refractivity (Wildman–Crippen MR) is 392 cm³/mol. The number of amides is 2. The third kappa shape index (κ3) is 17.2. The number of aliphatic hydroxyl groups is 1. The Morgan fingerprint density at radius 3 is 1.50 bits per heavy atom. The van der Waals surface area contributed by atoms with Gasteiger partial charge in [0, 0.05) is 101 Å². The van der Waals surface area contributed by atoms with Crippen LogP contribution in [0.2, 0.25) is 0 Å². The Balaban J connectivity index is 0.000000162. The van der Waals surface area contributed by atoms with E-state index in [-0.39, 0.29) is 54.8 Å². The summed E-state index contributed by atoms with van der Waals surface area (Å²) >= 11 is 3.51. The molecule has 4 aromatic carbocycles. The van der Waals surface area contributed by atoms with Gasteiger partial charge in [-0.2, -0.15) is 22.0 Å². The van der Waals surface area contributed by atoms with Gasteiger partial charge in [-0.15, -0.1) is 0 Å². The van der Waals surface area contributed by atoms with Crippen LogP contribution >= 0.6 is 15.9 Å². The molecule has 8 heterocycles. The van der Waals surface area contributed by atoms with Gasteiger partial charge in [-0.05, 0) is 167 Å². The number of aliphatic carboxylic acids is 1. The lowest BCUT2D eigenvalue weighted by Crippen LogP contribution is -2.60. The zero-order valence-electron chi connectivity index (χ0n) is 58.7. The number of pyridine rings is 2. The second-order valence-corrected chi connectivity index (χ2v) is 28.0. The van der Waals surface area contributed by atoms with Gasteiger partial charge in [0.1, 0.15) is 0 Å². The molecular formula is C78H79BrF5N13O8.